The molecule has 1 saturated heterocycles. The fourth-order valence-electron chi connectivity index (χ4n) is 2.82. The number of hydrogen-bond acceptors (Lipinski definition) is 4. The number of nitrogens with zero attached hydrogens (tertiary/aromatic N) is 1. The van der Waals surface area contributed by atoms with Gasteiger partial charge in [-0.15, -0.1) is 0 Å². The summed E-state index contributed by atoms with van der Waals surface area (Å²) in [7, 11) is -3.07. The lowest BCUT2D eigenvalue weighted by Crippen LogP contribution is -2.40. The van der Waals surface area contributed by atoms with Crippen LogP contribution in [-0.4, -0.2) is 36.8 Å². The molecular weight excluding hydrogens is 314 g/mol. The standard InChI is InChI=1S/C17H19NO4S/c1-13-4-6-14(7-5-13)11-18(15-8-10-23(20,21)12-15)17(19)16-3-2-9-22-16/h2-7,9,15H,8,10-12H2,1H3/t15-/m1/s1. The number of sulfone groups is 1. The summed E-state index contributed by atoms with van der Waals surface area (Å²) in [5.41, 5.74) is 2.11. The molecule has 1 fully saturated rings. The molecule has 6 heteroatoms. The van der Waals surface area contributed by atoms with E-state index in [1.54, 1.807) is 17.0 Å². The summed E-state index contributed by atoms with van der Waals surface area (Å²) in [5.74, 6) is 0.123. The minimum Gasteiger partial charge on any atom is -0.459 e. The molecule has 0 bridgehead atoms. The lowest BCUT2D eigenvalue weighted by atomic mass is 10.1. The maximum Gasteiger partial charge on any atom is 0.290 e. The molecule has 3 rings (SSSR count). The van der Waals surface area contributed by atoms with Gasteiger partial charge in [0.25, 0.3) is 5.91 Å². The number of rotatable bonds is 4. The molecule has 0 unspecified atom stereocenters. The number of carbonyl (C=O) groups is 1. The predicted molar refractivity (Wildman–Crippen MR) is 86.8 cm³/mol. The zero-order valence-corrected chi connectivity index (χ0v) is 13.8. The van der Waals surface area contributed by atoms with E-state index in [4.69, 9.17) is 4.42 Å². The van der Waals surface area contributed by atoms with Gasteiger partial charge in [0, 0.05) is 12.6 Å². The molecule has 0 radical (unpaired) electrons. The molecule has 0 saturated carbocycles. The highest BCUT2D eigenvalue weighted by molar-refractivity contribution is 7.91. The maximum absolute atomic E-state index is 12.7. The molecule has 0 spiro atoms. The van der Waals surface area contributed by atoms with Crippen LogP contribution in [-0.2, 0) is 16.4 Å². The first-order chi connectivity index (χ1) is 10.9. The summed E-state index contributed by atoms with van der Waals surface area (Å²) in [6.45, 7) is 2.37. The van der Waals surface area contributed by atoms with Crippen LogP contribution in [0.4, 0.5) is 0 Å². The predicted octanol–water partition coefficient (Wildman–Crippen LogP) is 2.42. The minimum atomic E-state index is -3.07. The van der Waals surface area contributed by atoms with Gasteiger partial charge in [0.1, 0.15) is 0 Å². The molecule has 1 aromatic heterocycles. The van der Waals surface area contributed by atoms with Crippen molar-refractivity contribution < 1.29 is 17.6 Å². The summed E-state index contributed by atoms with van der Waals surface area (Å²) < 4.78 is 28.8. The van der Waals surface area contributed by atoms with E-state index in [2.05, 4.69) is 0 Å². The Bertz CT molecular complexity index is 779. The molecule has 1 aliphatic rings. The van der Waals surface area contributed by atoms with Crippen LogP contribution in [0.2, 0.25) is 0 Å². The largest absolute Gasteiger partial charge is 0.459 e. The molecule has 2 heterocycles. The molecule has 0 N–H and O–H groups in total. The van der Waals surface area contributed by atoms with Crippen molar-refractivity contribution in [1.82, 2.24) is 4.90 Å². The van der Waals surface area contributed by atoms with Crippen LogP contribution in [0.15, 0.2) is 47.1 Å². The van der Waals surface area contributed by atoms with Crippen molar-refractivity contribution in [3.05, 3.63) is 59.5 Å². The molecule has 5 nitrogen and oxygen atoms in total. The van der Waals surface area contributed by atoms with Crippen LogP contribution in [0.5, 0.6) is 0 Å². The zero-order valence-electron chi connectivity index (χ0n) is 12.9. The Kier molecular flexibility index (Phi) is 4.26. The minimum absolute atomic E-state index is 0.0192. The average molecular weight is 333 g/mol. The Balaban J connectivity index is 1.87. The number of amides is 1. The third-order valence-electron chi connectivity index (χ3n) is 4.12. The number of aryl methyl sites for hydroxylation is 1. The Hall–Kier alpha value is -2.08. The van der Waals surface area contributed by atoms with E-state index < -0.39 is 9.84 Å². The van der Waals surface area contributed by atoms with Crippen LogP contribution in [0, 0.1) is 6.92 Å². The summed E-state index contributed by atoms with van der Waals surface area (Å²) in [4.78, 5) is 14.3. The molecule has 2 aromatic rings. The zero-order chi connectivity index (χ0) is 16.4. The quantitative estimate of drug-likeness (QED) is 0.862. The van der Waals surface area contributed by atoms with E-state index in [-0.39, 0.29) is 29.2 Å². The smallest absolute Gasteiger partial charge is 0.290 e. The first kappa shape index (κ1) is 15.8. The molecule has 1 atom stereocenters. The SMILES string of the molecule is Cc1ccc(CN(C(=O)c2ccco2)[C@@H]2CCS(=O)(=O)C2)cc1. The van der Waals surface area contributed by atoms with Gasteiger partial charge in [-0.25, -0.2) is 8.42 Å². The van der Waals surface area contributed by atoms with Crippen LogP contribution >= 0.6 is 0 Å². The van der Waals surface area contributed by atoms with Gasteiger partial charge < -0.3 is 9.32 Å². The van der Waals surface area contributed by atoms with Crippen molar-refractivity contribution in [3.8, 4) is 0 Å². The normalized spacial score (nSPS) is 19.6. The van der Waals surface area contributed by atoms with Crippen LogP contribution in [0.3, 0.4) is 0 Å². The second kappa shape index (κ2) is 6.20. The van der Waals surface area contributed by atoms with Gasteiger partial charge in [-0.2, -0.15) is 0 Å². The van der Waals surface area contributed by atoms with Gasteiger partial charge in [0.2, 0.25) is 0 Å². The Labute approximate surface area is 135 Å². The molecule has 1 aromatic carbocycles. The van der Waals surface area contributed by atoms with Gasteiger partial charge in [0.05, 0.1) is 17.8 Å². The van der Waals surface area contributed by atoms with Crippen molar-refractivity contribution in [2.24, 2.45) is 0 Å². The summed E-state index contributed by atoms with van der Waals surface area (Å²) >= 11 is 0. The van der Waals surface area contributed by atoms with E-state index in [9.17, 15) is 13.2 Å². The fraction of sp³-hybridized carbons (Fsp3) is 0.353. The lowest BCUT2D eigenvalue weighted by molar-refractivity contribution is 0.0648. The number of benzene rings is 1. The second-order valence-corrected chi connectivity index (χ2v) is 8.18. The molecule has 122 valence electrons. The third kappa shape index (κ3) is 3.64. The highest BCUT2D eigenvalue weighted by atomic mass is 32.2. The van der Waals surface area contributed by atoms with Crippen molar-refractivity contribution in [3.63, 3.8) is 0 Å². The Morgan fingerprint density at radius 2 is 2.00 bits per heavy atom. The lowest BCUT2D eigenvalue weighted by Gasteiger charge is -2.27. The van der Waals surface area contributed by atoms with Gasteiger partial charge in [-0.3, -0.25) is 4.79 Å². The first-order valence-corrected chi connectivity index (χ1v) is 9.37. The van der Waals surface area contributed by atoms with E-state index in [1.807, 2.05) is 31.2 Å². The van der Waals surface area contributed by atoms with Gasteiger partial charge >= 0.3 is 0 Å². The van der Waals surface area contributed by atoms with Gasteiger partial charge in [-0.05, 0) is 31.0 Å². The third-order valence-corrected chi connectivity index (χ3v) is 5.87. The van der Waals surface area contributed by atoms with E-state index in [0.717, 1.165) is 11.1 Å². The summed E-state index contributed by atoms with van der Waals surface area (Å²) in [6, 6.07) is 10.8. The number of furan rings is 1. The van der Waals surface area contributed by atoms with Crippen molar-refractivity contribution in [1.29, 1.82) is 0 Å². The number of hydrogen-bond donors (Lipinski definition) is 0. The van der Waals surface area contributed by atoms with E-state index in [0.29, 0.717) is 13.0 Å². The van der Waals surface area contributed by atoms with Crippen LogP contribution < -0.4 is 0 Å². The van der Waals surface area contributed by atoms with Gasteiger partial charge in [0.15, 0.2) is 15.6 Å². The highest BCUT2D eigenvalue weighted by Gasteiger charge is 2.35. The summed E-state index contributed by atoms with van der Waals surface area (Å²) in [6.07, 6.45) is 1.92. The summed E-state index contributed by atoms with van der Waals surface area (Å²) in [5, 5.41) is 0. The average Bonchev–Trinajstić information content (AvgIpc) is 3.15. The Morgan fingerprint density at radius 1 is 1.26 bits per heavy atom. The van der Waals surface area contributed by atoms with Crippen LogP contribution in [0.1, 0.15) is 28.1 Å². The molecule has 1 aliphatic heterocycles. The van der Waals surface area contributed by atoms with Crippen molar-refractivity contribution >= 4 is 15.7 Å². The topological polar surface area (TPSA) is 67.6 Å². The highest BCUT2D eigenvalue weighted by Crippen LogP contribution is 2.22. The second-order valence-electron chi connectivity index (χ2n) is 5.95. The molecule has 23 heavy (non-hydrogen) atoms. The van der Waals surface area contributed by atoms with Gasteiger partial charge in [-0.1, -0.05) is 29.8 Å². The Morgan fingerprint density at radius 3 is 2.57 bits per heavy atom. The number of carbonyl (C=O) groups excluding carboxylic acids is 1. The monoisotopic (exact) mass is 333 g/mol. The van der Waals surface area contributed by atoms with Crippen LogP contribution in [0.25, 0.3) is 0 Å². The van der Waals surface area contributed by atoms with Crippen molar-refractivity contribution in [2.45, 2.75) is 25.9 Å². The van der Waals surface area contributed by atoms with E-state index in [1.165, 1.54) is 6.26 Å². The molecule has 0 aliphatic carbocycles. The molecule has 1 amide bonds. The van der Waals surface area contributed by atoms with Crippen molar-refractivity contribution in [2.75, 3.05) is 11.5 Å². The first-order valence-electron chi connectivity index (χ1n) is 7.55. The maximum atomic E-state index is 12.7. The fourth-order valence-corrected chi connectivity index (χ4v) is 4.55. The molecular formula is C17H19NO4S. The van der Waals surface area contributed by atoms with E-state index >= 15 is 0 Å².